The molecule has 1 heterocycles. The van der Waals surface area contributed by atoms with Gasteiger partial charge in [-0.3, -0.25) is 0 Å². The summed E-state index contributed by atoms with van der Waals surface area (Å²) in [6.07, 6.45) is 1.65. The first-order valence-corrected chi connectivity index (χ1v) is 4.87. The van der Waals surface area contributed by atoms with Gasteiger partial charge in [-0.05, 0) is 12.1 Å². The summed E-state index contributed by atoms with van der Waals surface area (Å²) < 4.78 is 1.84. The Labute approximate surface area is 95.3 Å². The van der Waals surface area contributed by atoms with Gasteiger partial charge in [-0.15, -0.1) is 0 Å². The van der Waals surface area contributed by atoms with Crippen LogP contribution < -0.4 is 11.2 Å². The van der Waals surface area contributed by atoms with Gasteiger partial charge < -0.3 is 10.6 Å². The van der Waals surface area contributed by atoms with Crippen molar-refractivity contribution in [3.63, 3.8) is 0 Å². The third-order valence-electron chi connectivity index (χ3n) is 1.84. The van der Waals surface area contributed by atoms with E-state index in [1.807, 2.05) is 37.7 Å². The molecule has 0 aliphatic rings. The smallest absolute Gasteiger partial charge is 0.396 e. The van der Waals surface area contributed by atoms with Crippen molar-refractivity contribution in [3.8, 4) is 0 Å². The summed E-state index contributed by atoms with van der Waals surface area (Å²) in [5.74, 6) is 0.503. The molecule has 6 nitrogen and oxygen atoms in total. The quantitative estimate of drug-likeness (QED) is 0.325. The third-order valence-corrected chi connectivity index (χ3v) is 1.84. The molecule has 0 saturated carbocycles. The summed E-state index contributed by atoms with van der Waals surface area (Å²) in [6, 6.07) is 4.18. The highest BCUT2D eigenvalue weighted by atomic mass is 16.7. The van der Waals surface area contributed by atoms with Gasteiger partial charge in [0.15, 0.2) is 5.82 Å². The molecular formula is C10H18N5O+. The summed E-state index contributed by atoms with van der Waals surface area (Å²) in [7, 11) is 7.55. The molecule has 1 aromatic rings. The highest BCUT2D eigenvalue weighted by Crippen LogP contribution is 2.12. The molecule has 0 radical (unpaired) electrons. The molecule has 0 saturated heterocycles. The Morgan fingerprint density at radius 2 is 2.19 bits per heavy atom. The Morgan fingerprint density at radius 1 is 1.50 bits per heavy atom. The zero-order valence-corrected chi connectivity index (χ0v) is 10.1. The summed E-state index contributed by atoms with van der Waals surface area (Å²) >= 11 is 0. The highest BCUT2D eigenvalue weighted by Gasteiger charge is 2.14. The number of nitrogens with one attached hydrogen (secondary N) is 1. The number of nitrogen functional groups attached to an aromatic ring is 1. The Kier molecular flexibility index (Phi) is 3.93. The zero-order valence-electron chi connectivity index (χ0n) is 10.1. The first-order chi connectivity index (χ1) is 7.52. The van der Waals surface area contributed by atoms with Gasteiger partial charge in [0.25, 0.3) is 0 Å². The van der Waals surface area contributed by atoms with E-state index in [1.54, 1.807) is 18.3 Å². The number of nitrogens with zero attached hydrogens (tertiary/aromatic N) is 3. The van der Waals surface area contributed by atoms with Crippen LogP contribution in [0.25, 0.3) is 0 Å². The lowest BCUT2D eigenvalue weighted by atomic mass is 10.4. The van der Waals surface area contributed by atoms with E-state index in [2.05, 4.69) is 10.5 Å². The Balaban J connectivity index is 2.71. The summed E-state index contributed by atoms with van der Waals surface area (Å²) in [6.45, 7) is 0. The number of hydrogen-bond acceptors (Lipinski definition) is 4. The standard InChI is InChI=1S/C10H18N5O/c1-14(2)10(15(3)4)16-13-9-8(11)6-5-7-12-9/h5-7H,11H2,1-4H3,(H,12,13)/q+1. The molecule has 0 spiro atoms. The predicted octanol–water partition coefficient (Wildman–Crippen LogP) is 0.197. The molecule has 0 aromatic carbocycles. The topological polar surface area (TPSA) is 66.4 Å². The second-order valence-electron chi connectivity index (χ2n) is 3.72. The normalized spacial score (nSPS) is 9.50. The van der Waals surface area contributed by atoms with Crippen LogP contribution in [-0.2, 0) is 4.84 Å². The van der Waals surface area contributed by atoms with Crippen LogP contribution >= 0.6 is 0 Å². The van der Waals surface area contributed by atoms with Crippen molar-refractivity contribution in [2.24, 2.45) is 0 Å². The fourth-order valence-corrected chi connectivity index (χ4v) is 1.18. The maximum atomic E-state index is 5.72. The molecule has 16 heavy (non-hydrogen) atoms. The third kappa shape index (κ3) is 3.01. The molecule has 0 unspecified atom stereocenters. The monoisotopic (exact) mass is 224 g/mol. The molecule has 3 N–H and O–H groups in total. The minimum absolute atomic E-state index is 0.503. The van der Waals surface area contributed by atoms with E-state index in [9.17, 15) is 0 Å². The summed E-state index contributed by atoms with van der Waals surface area (Å²) in [5.41, 5.74) is 8.98. The number of anilines is 2. The van der Waals surface area contributed by atoms with Crippen molar-refractivity contribution in [1.82, 2.24) is 9.88 Å². The van der Waals surface area contributed by atoms with Crippen LogP contribution in [-0.4, -0.2) is 48.7 Å². The number of nitrogens with two attached hydrogens (primary N) is 1. The van der Waals surface area contributed by atoms with E-state index in [0.717, 1.165) is 0 Å². The first-order valence-electron chi connectivity index (χ1n) is 4.87. The zero-order chi connectivity index (χ0) is 12.1. The molecule has 0 atom stereocenters. The highest BCUT2D eigenvalue weighted by molar-refractivity contribution is 5.70. The van der Waals surface area contributed by atoms with E-state index in [4.69, 9.17) is 10.6 Å². The van der Waals surface area contributed by atoms with Gasteiger partial charge >= 0.3 is 6.02 Å². The predicted molar refractivity (Wildman–Crippen MR) is 64.2 cm³/mol. The number of amidine groups is 1. The van der Waals surface area contributed by atoms with Crippen molar-refractivity contribution in [2.75, 3.05) is 39.4 Å². The van der Waals surface area contributed by atoms with Crippen molar-refractivity contribution < 1.29 is 9.41 Å². The minimum atomic E-state index is 0.503. The number of hydrogen-bond donors (Lipinski definition) is 2. The van der Waals surface area contributed by atoms with Crippen molar-refractivity contribution >= 4 is 17.5 Å². The lowest BCUT2D eigenvalue weighted by Crippen LogP contribution is -2.34. The largest absolute Gasteiger partial charge is 0.470 e. The Bertz CT molecular complexity index is 385. The molecule has 0 aliphatic heterocycles. The minimum Gasteiger partial charge on any atom is -0.396 e. The van der Waals surface area contributed by atoms with E-state index < -0.39 is 0 Å². The number of aromatic nitrogens is 1. The maximum Gasteiger partial charge on any atom is 0.470 e. The lowest BCUT2D eigenvalue weighted by molar-refractivity contribution is -0.480. The van der Waals surface area contributed by atoms with Gasteiger partial charge in [0.2, 0.25) is 0 Å². The average Bonchev–Trinajstić information content (AvgIpc) is 2.20. The van der Waals surface area contributed by atoms with Gasteiger partial charge in [0.1, 0.15) is 0 Å². The van der Waals surface area contributed by atoms with E-state index in [1.165, 1.54) is 0 Å². The number of pyridine rings is 1. The summed E-state index contributed by atoms with van der Waals surface area (Å²) in [4.78, 5) is 11.3. The molecule has 6 heteroatoms. The van der Waals surface area contributed by atoms with Gasteiger partial charge in [-0.2, -0.15) is 5.48 Å². The lowest BCUT2D eigenvalue weighted by Gasteiger charge is -2.12. The molecule has 1 aromatic heterocycles. The van der Waals surface area contributed by atoms with E-state index in [0.29, 0.717) is 17.5 Å². The second-order valence-corrected chi connectivity index (χ2v) is 3.72. The Morgan fingerprint density at radius 3 is 2.69 bits per heavy atom. The molecule has 1 rings (SSSR count). The van der Waals surface area contributed by atoms with Crippen LogP contribution in [0.5, 0.6) is 0 Å². The van der Waals surface area contributed by atoms with Crippen LogP contribution in [0.4, 0.5) is 11.5 Å². The van der Waals surface area contributed by atoms with Crippen LogP contribution in [0.15, 0.2) is 18.3 Å². The van der Waals surface area contributed by atoms with Crippen molar-refractivity contribution in [3.05, 3.63) is 18.3 Å². The summed E-state index contributed by atoms with van der Waals surface area (Å²) in [5, 5.41) is 0. The average molecular weight is 224 g/mol. The van der Waals surface area contributed by atoms with Gasteiger partial charge in [-0.25, -0.2) is 14.5 Å². The van der Waals surface area contributed by atoms with Gasteiger partial charge in [0, 0.05) is 6.20 Å². The molecule has 88 valence electrons. The molecule has 0 aliphatic carbocycles. The van der Waals surface area contributed by atoms with Crippen LogP contribution in [0.1, 0.15) is 0 Å². The SMILES string of the molecule is CN(C)C(ONc1ncccc1N)=[N+](C)C. The molecule has 0 amide bonds. The van der Waals surface area contributed by atoms with E-state index in [-0.39, 0.29) is 0 Å². The molecule has 0 bridgehead atoms. The molecule has 0 fully saturated rings. The molecular weight excluding hydrogens is 206 g/mol. The first kappa shape index (κ1) is 12.1. The van der Waals surface area contributed by atoms with Gasteiger partial charge in [-0.1, -0.05) is 0 Å². The van der Waals surface area contributed by atoms with Crippen LogP contribution in [0, 0.1) is 0 Å². The number of rotatable bonds is 2. The van der Waals surface area contributed by atoms with Crippen molar-refractivity contribution in [2.45, 2.75) is 0 Å². The van der Waals surface area contributed by atoms with E-state index >= 15 is 0 Å². The fourth-order valence-electron chi connectivity index (χ4n) is 1.18. The van der Waals surface area contributed by atoms with Crippen LogP contribution in [0.2, 0.25) is 0 Å². The van der Waals surface area contributed by atoms with Crippen molar-refractivity contribution in [1.29, 1.82) is 0 Å². The Hall–Kier alpha value is -1.98. The maximum absolute atomic E-state index is 5.72. The second kappa shape index (κ2) is 5.20. The van der Waals surface area contributed by atoms with Crippen LogP contribution in [0.3, 0.4) is 0 Å². The van der Waals surface area contributed by atoms with Gasteiger partial charge in [0.05, 0.1) is 33.9 Å². The fraction of sp³-hybridized carbons (Fsp3) is 0.400.